The van der Waals surface area contributed by atoms with Crippen LogP contribution in [0.3, 0.4) is 0 Å². The summed E-state index contributed by atoms with van der Waals surface area (Å²) >= 11 is 2.19. The standard InChI is InChI=1S/C17H30N2S/c1-2-5-14(6-3-1)17-16-7-4-9-18(16)10-11-19(17)15-8-12-20-13-15/h14-17H,1-13H2/t15-,16-,17-/m1/s1. The molecule has 3 heteroatoms. The van der Waals surface area contributed by atoms with E-state index in [9.17, 15) is 0 Å². The largest absolute Gasteiger partial charge is 0.298 e. The maximum Gasteiger partial charge on any atom is 0.0283 e. The SMILES string of the molecule is C1CCC([C@@H]2[C@H]3CCCN3CCN2[C@@H]2CCSC2)CC1. The average Bonchev–Trinajstić information content (AvgIpc) is 3.18. The fourth-order valence-corrected chi connectivity index (χ4v) is 6.64. The van der Waals surface area contributed by atoms with Crippen LogP contribution in [0.4, 0.5) is 0 Å². The number of rotatable bonds is 2. The van der Waals surface area contributed by atoms with Gasteiger partial charge in [-0.2, -0.15) is 11.8 Å². The van der Waals surface area contributed by atoms with Gasteiger partial charge in [0.05, 0.1) is 0 Å². The van der Waals surface area contributed by atoms with Crippen LogP contribution >= 0.6 is 11.8 Å². The minimum absolute atomic E-state index is 0.912. The molecule has 4 fully saturated rings. The van der Waals surface area contributed by atoms with E-state index in [1.165, 1.54) is 82.5 Å². The Kier molecular flexibility index (Phi) is 4.29. The van der Waals surface area contributed by atoms with Gasteiger partial charge in [-0.25, -0.2) is 0 Å². The fourth-order valence-electron chi connectivity index (χ4n) is 5.40. The highest BCUT2D eigenvalue weighted by Crippen LogP contribution is 2.39. The summed E-state index contributed by atoms with van der Waals surface area (Å²) in [6.07, 6.45) is 11.9. The second kappa shape index (κ2) is 6.18. The molecule has 4 aliphatic rings. The van der Waals surface area contributed by atoms with E-state index in [1.54, 1.807) is 0 Å². The molecule has 1 saturated carbocycles. The van der Waals surface area contributed by atoms with E-state index < -0.39 is 0 Å². The molecule has 0 aromatic carbocycles. The second-order valence-electron chi connectivity index (χ2n) is 7.39. The van der Waals surface area contributed by atoms with Crippen LogP contribution in [0.5, 0.6) is 0 Å². The first-order valence-corrected chi connectivity index (χ1v) is 10.2. The molecule has 0 radical (unpaired) electrons. The molecule has 3 atom stereocenters. The number of fused-ring (bicyclic) bond motifs is 1. The molecule has 114 valence electrons. The monoisotopic (exact) mass is 294 g/mol. The maximum atomic E-state index is 3.00. The van der Waals surface area contributed by atoms with E-state index in [-0.39, 0.29) is 0 Å². The predicted molar refractivity (Wildman–Crippen MR) is 87.4 cm³/mol. The number of hydrogen-bond donors (Lipinski definition) is 0. The van der Waals surface area contributed by atoms with Gasteiger partial charge >= 0.3 is 0 Å². The second-order valence-corrected chi connectivity index (χ2v) is 8.54. The smallest absolute Gasteiger partial charge is 0.0283 e. The quantitative estimate of drug-likeness (QED) is 0.772. The van der Waals surface area contributed by atoms with Crippen molar-refractivity contribution in [2.75, 3.05) is 31.1 Å². The summed E-state index contributed by atoms with van der Waals surface area (Å²) in [5.41, 5.74) is 0. The summed E-state index contributed by atoms with van der Waals surface area (Å²) in [6.45, 7) is 4.11. The van der Waals surface area contributed by atoms with E-state index in [2.05, 4.69) is 21.6 Å². The highest BCUT2D eigenvalue weighted by molar-refractivity contribution is 7.99. The molecule has 1 aliphatic carbocycles. The van der Waals surface area contributed by atoms with Crippen molar-refractivity contribution in [3.8, 4) is 0 Å². The highest BCUT2D eigenvalue weighted by atomic mass is 32.2. The molecule has 3 heterocycles. The van der Waals surface area contributed by atoms with E-state index in [0.717, 1.165) is 24.0 Å². The van der Waals surface area contributed by atoms with E-state index in [0.29, 0.717) is 0 Å². The molecule has 0 spiro atoms. The first-order valence-electron chi connectivity index (χ1n) is 9.01. The first-order chi connectivity index (χ1) is 9.93. The molecule has 20 heavy (non-hydrogen) atoms. The van der Waals surface area contributed by atoms with Crippen LogP contribution in [0.2, 0.25) is 0 Å². The van der Waals surface area contributed by atoms with Gasteiger partial charge in [-0.15, -0.1) is 0 Å². The van der Waals surface area contributed by atoms with Crippen molar-refractivity contribution >= 4 is 11.8 Å². The van der Waals surface area contributed by atoms with Crippen molar-refractivity contribution in [1.29, 1.82) is 0 Å². The minimum Gasteiger partial charge on any atom is -0.298 e. The first kappa shape index (κ1) is 13.9. The molecule has 0 unspecified atom stereocenters. The lowest BCUT2D eigenvalue weighted by molar-refractivity contribution is -0.0185. The van der Waals surface area contributed by atoms with Gasteiger partial charge in [-0.3, -0.25) is 9.80 Å². The maximum absolute atomic E-state index is 3.00. The molecule has 3 aliphatic heterocycles. The zero-order valence-corrected chi connectivity index (χ0v) is 13.6. The van der Waals surface area contributed by atoms with Crippen molar-refractivity contribution in [1.82, 2.24) is 9.80 Å². The number of thioether (sulfide) groups is 1. The number of hydrogen-bond acceptors (Lipinski definition) is 3. The Morgan fingerprint density at radius 3 is 2.50 bits per heavy atom. The lowest BCUT2D eigenvalue weighted by Crippen LogP contribution is -2.62. The van der Waals surface area contributed by atoms with Crippen molar-refractivity contribution in [3.05, 3.63) is 0 Å². The number of piperazine rings is 1. The topological polar surface area (TPSA) is 6.48 Å². The summed E-state index contributed by atoms with van der Waals surface area (Å²) in [4.78, 5) is 5.85. The Morgan fingerprint density at radius 2 is 1.70 bits per heavy atom. The highest BCUT2D eigenvalue weighted by Gasteiger charge is 2.45. The van der Waals surface area contributed by atoms with Crippen LogP contribution in [0.15, 0.2) is 0 Å². The third-order valence-corrected chi connectivity index (χ3v) is 7.49. The van der Waals surface area contributed by atoms with Gasteiger partial charge < -0.3 is 0 Å². The summed E-state index contributed by atoms with van der Waals surface area (Å²) in [7, 11) is 0. The van der Waals surface area contributed by atoms with E-state index in [4.69, 9.17) is 0 Å². The zero-order chi connectivity index (χ0) is 13.4. The molecular formula is C17H30N2S. The molecule has 4 rings (SSSR count). The van der Waals surface area contributed by atoms with Gasteiger partial charge in [0.25, 0.3) is 0 Å². The van der Waals surface area contributed by atoms with Gasteiger partial charge in [-0.1, -0.05) is 19.3 Å². The molecule has 0 amide bonds. The molecule has 2 nitrogen and oxygen atoms in total. The van der Waals surface area contributed by atoms with Crippen molar-refractivity contribution in [3.63, 3.8) is 0 Å². The Balaban J connectivity index is 1.55. The predicted octanol–water partition coefficient (Wildman–Crippen LogP) is 3.22. The molecule has 3 saturated heterocycles. The third-order valence-electron chi connectivity index (χ3n) is 6.34. The lowest BCUT2D eigenvalue weighted by atomic mass is 9.78. The summed E-state index contributed by atoms with van der Waals surface area (Å²) in [5, 5.41) is 0. The van der Waals surface area contributed by atoms with Crippen molar-refractivity contribution in [2.24, 2.45) is 5.92 Å². The Hall–Kier alpha value is 0.270. The number of nitrogens with zero attached hydrogens (tertiary/aromatic N) is 2. The summed E-state index contributed by atoms with van der Waals surface area (Å²) in [5.74, 6) is 3.84. The van der Waals surface area contributed by atoms with Crippen molar-refractivity contribution in [2.45, 2.75) is 69.5 Å². The molecule has 0 N–H and O–H groups in total. The van der Waals surface area contributed by atoms with Gasteiger partial charge in [0.1, 0.15) is 0 Å². The lowest BCUT2D eigenvalue weighted by Gasteiger charge is -2.51. The normalized spacial score (nSPS) is 41.1. The Bertz CT molecular complexity index is 323. The van der Waals surface area contributed by atoms with Crippen LogP contribution in [-0.4, -0.2) is 59.1 Å². The van der Waals surface area contributed by atoms with Crippen molar-refractivity contribution < 1.29 is 0 Å². The molecule has 0 aromatic rings. The van der Waals surface area contributed by atoms with E-state index >= 15 is 0 Å². The summed E-state index contributed by atoms with van der Waals surface area (Å²) < 4.78 is 0. The minimum atomic E-state index is 0.912. The molecule has 0 bridgehead atoms. The fraction of sp³-hybridized carbons (Fsp3) is 1.00. The van der Waals surface area contributed by atoms with Gasteiger partial charge in [0.2, 0.25) is 0 Å². The summed E-state index contributed by atoms with van der Waals surface area (Å²) in [6, 6.07) is 2.74. The van der Waals surface area contributed by atoms with Crippen LogP contribution in [-0.2, 0) is 0 Å². The van der Waals surface area contributed by atoms with Gasteiger partial charge in [-0.05, 0) is 50.3 Å². The van der Waals surface area contributed by atoms with Crippen LogP contribution in [0, 0.1) is 5.92 Å². The van der Waals surface area contributed by atoms with Gasteiger partial charge in [0.15, 0.2) is 0 Å². The van der Waals surface area contributed by atoms with Gasteiger partial charge in [0, 0.05) is 37.0 Å². The van der Waals surface area contributed by atoms with E-state index in [1.807, 2.05) is 0 Å². The third kappa shape index (κ3) is 2.55. The van der Waals surface area contributed by atoms with Crippen LogP contribution in [0.1, 0.15) is 51.4 Å². The zero-order valence-electron chi connectivity index (χ0n) is 12.8. The molecule has 0 aromatic heterocycles. The Labute approximate surface area is 128 Å². The van der Waals surface area contributed by atoms with Crippen LogP contribution < -0.4 is 0 Å². The average molecular weight is 295 g/mol. The van der Waals surface area contributed by atoms with Crippen LogP contribution in [0.25, 0.3) is 0 Å². The molecular weight excluding hydrogens is 264 g/mol. The Morgan fingerprint density at radius 1 is 0.800 bits per heavy atom.